The molecular weight excluding hydrogens is 314 g/mol. The first-order valence-electron chi connectivity index (χ1n) is 7.74. The average molecular weight is 329 g/mol. The van der Waals surface area contributed by atoms with E-state index < -0.39 is 0 Å². The van der Waals surface area contributed by atoms with Gasteiger partial charge in [0.1, 0.15) is 0 Å². The number of para-hydroxylation sites is 1. The molecule has 0 atom stereocenters. The Bertz CT molecular complexity index is 937. The van der Waals surface area contributed by atoms with Crippen LogP contribution < -0.4 is 5.32 Å². The number of benzene rings is 2. The zero-order valence-electron chi connectivity index (χ0n) is 12.9. The van der Waals surface area contributed by atoms with Crippen molar-refractivity contribution in [2.75, 3.05) is 5.32 Å². The fraction of sp³-hybridized carbons (Fsp3) is 0. The Morgan fingerprint density at radius 3 is 2.38 bits per heavy atom. The number of nitrogens with one attached hydrogen (secondary N) is 1. The van der Waals surface area contributed by atoms with Gasteiger partial charge in [0.25, 0.3) is 5.91 Å². The molecule has 0 aliphatic heterocycles. The van der Waals surface area contributed by atoms with E-state index in [1.165, 1.54) is 4.88 Å². The smallest absolute Gasteiger partial charge is 0.256 e. The number of fused-ring (bicyclic) bond motifs is 1. The summed E-state index contributed by atoms with van der Waals surface area (Å²) in [6, 6.07) is 21.7. The van der Waals surface area contributed by atoms with Crippen LogP contribution in [0.25, 0.3) is 17.2 Å². The van der Waals surface area contributed by atoms with E-state index in [4.69, 9.17) is 0 Å². The molecule has 0 unspecified atom stereocenters. The maximum absolute atomic E-state index is 12.7. The van der Waals surface area contributed by atoms with E-state index in [0.717, 1.165) is 22.4 Å². The van der Waals surface area contributed by atoms with Crippen molar-refractivity contribution in [3.05, 3.63) is 94.2 Å². The molecule has 0 saturated heterocycles. The Labute approximate surface area is 144 Å². The summed E-state index contributed by atoms with van der Waals surface area (Å²) in [5.41, 5.74) is 4.66. The number of thiophene rings is 1. The molecule has 1 aromatic heterocycles. The SMILES string of the molecule is O=C(Nc1ccccc1)C1=C/C(=C\c2cccs2)c2ccccc21. The minimum absolute atomic E-state index is 0.0803. The van der Waals surface area contributed by atoms with Gasteiger partial charge in [-0.3, -0.25) is 4.79 Å². The van der Waals surface area contributed by atoms with Crippen molar-refractivity contribution in [2.24, 2.45) is 0 Å². The molecule has 0 saturated carbocycles. The topological polar surface area (TPSA) is 29.1 Å². The first-order valence-corrected chi connectivity index (χ1v) is 8.62. The van der Waals surface area contributed by atoms with Gasteiger partial charge in [-0.15, -0.1) is 11.3 Å². The van der Waals surface area contributed by atoms with Crippen LogP contribution in [-0.2, 0) is 4.79 Å². The minimum atomic E-state index is -0.0803. The van der Waals surface area contributed by atoms with Gasteiger partial charge in [-0.05, 0) is 52.4 Å². The summed E-state index contributed by atoms with van der Waals surface area (Å²) in [4.78, 5) is 13.9. The Hall–Kier alpha value is -2.91. The van der Waals surface area contributed by atoms with E-state index in [0.29, 0.717) is 5.57 Å². The molecule has 1 N–H and O–H groups in total. The number of allylic oxidation sites excluding steroid dienone is 2. The Balaban J connectivity index is 1.71. The molecular formula is C21H15NOS. The second-order valence-corrected chi connectivity index (χ2v) is 6.52. The van der Waals surface area contributed by atoms with Crippen molar-refractivity contribution in [3.8, 4) is 0 Å². The second kappa shape index (κ2) is 6.30. The molecule has 0 bridgehead atoms. The molecule has 2 aromatic carbocycles. The summed E-state index contributed by atoms with van der Waals surface area (Å²) in [6.45, 7) is 0. The number of carbonyl (C=O) groups excluding carboxylic acids is 1. The normalized spacial score (nSPS) is 14.3. The highest BCUT2D eigenvalue weighted by Gasteiger charge is 2.23. The summed E-state index contributed by atoms with van der Waals surface area (Å²) in [6.07, 6.45) is 4.11. The predicted octanol–water partition coefficient (Wildman–Crippen LogP) is 5.32. The molecule has 1 aliphatic rings. The molecule has 0 spiro atoms. The minimum Gasteiger partial charge on any atom is -0.322 e. The van der Waals surface area contributed by atoms with Crippen LogP contribution in [0, 0.1) is 0 Å². The molecule has 2 nitrogen and oxygen atoms in total. The van der Waals surface area contributed by atoms with Crippen LogP contribution in [0.3, 0.4) is 0 Å². The number of rotatable bonds is 3. The maximum Gasteiger partial charge on any atom is 0.256 e. The van der Waals surface area contributed by atoms with Gasteiger partial charge in [0.05, 0.1) is 0 Å². The van der Waals surface area contributed by atoms with Crippen molar-refractivity contribution in [2.45, 2.75) is 0 Å². The van der Waals surface area contributed by atoms with E-state index in [2.05, 4.69) is 28.9 Å². The number of hydrogen-bond donors (Lipinski definition) is 1. The van der Waals surface area contributed by atoms with E-state index in [1.807, 2.05) is 60.7 Å². The van der Waals surface area contributed by atoms with Gasteiger partial charge in [0, 0.05) is 16.1 Å². The van der Waals surface area contributed by atoms with Crippen LogP contribution in [0.4, 0.5) is 5.69 Å². The third kappa shape index (κ3) is 2.82. The summed E-state index contributed by atoms with van der Waals surface area (Å²) >= 11 is 1.69. The number of hydrogen-bond acceptors (Lipinski definition) is 2. The van der Waals surface area contributed by atoms with Crippen molar-refractivity contribution in [3.63, 3.8) is 0 Å². The summed E-state index contributed by atoms with van der Waals surface area (Å²) in [5, 5.41) is 5.03. The molecule has 1 heterocycles. The fourth-order valence-electron chi connectivity index (χ4n) is 2.83. The third-order valence-electron chi connectivity index (χ3n) is 3.95. The van der Waals surface area contributed by atoms with Crippen LogP contribution in [0.2, 0.25) is 0 Å². The lowest BCUT2D eigenvalue weighted by Gasteiger charge is -2.07. The molecule has 0 fully saturated rings. The Morgan fingerprint density at radius 1 is 0.875 bits per heavy atom. The quantitative estimate of drug-likeness (QED) is 0.692. The Kier molecular flexibility index (Phi) is 3.85. The lowest BCUT2D eigenvalue weighted by Crippen LogP contribution is -2.12. The lowest BCUT2D eigenvalue weighted by molar-refractivity contribution is -0.111. The van der Waals surface area contributed by atoms with Gasteiger partial charge in [-0.25, -0.2) is 0 Å². The molecule has 4 rings (SSSR count). The second-order valence-electron chi connectivity index (χ2n) is 5.54. The van der Waals surface area contributed by atoms with Crippen LogP contribution in [0.5, 0.6) is 0 Å². The summed E-state index contributed by atoms with van der Waals surface area (Å²) < 4.78 is 0. The first-order chi connectivity index (χ1) is 11.8. The first kappa shape index (κ1) is 14.7. The van der Waals surface area contributed by atoms with E-state index in [1.54, 1.807) is 11.3 Å². The lowest BCUT2D eigenvalue weighted by atomic mass is 10.0. The van der Waals surface area contributed by atoms with Gasteiger partial charge in [-0.1, -0.05) is 48.5 Å². The van der Waals surface area contributed by atoms with Gasteiger partial charge >= 0.3 is 0 Å². The van der Waals surface area contributed by atoms with Gasteiger partial charge in [0.15, 0.2) is 0 Å². The largest absolute Gasteiger partial charge is 0.322 e. The zero-order valence-corrected chi connectivity index (χ0v) is 13.7. The number of carbonyl (C=O) groups is 1. The fourth-order valence-corrected chi connectivity index (χ4v) is 3.50. The highest BCUT2D eigenvalue weighted by Crippen LogP contribution is 2.37. The molecule has 0 radical (unpaired) electrons. The summed E-state index contributed by atoms with van der Waals surface area (Å²) in [5.74, 6) is -0.0803. The monoisotopic (exact) mass is 329 g/mol. The van der Waals surface area contributed by atoms with Crippen molar-refractivity contribution in [1.82, 2.24) is 0 Å². The highest BCUT2D eigenvalue weighted by atomic mass is 32.1. The van der Waals surface area contributed by atoms with Crippen molar-refractivity contribution in [1.29, 1.82) is 0 Å². The van der Waals surface area contributed by atoms with Gasteiger partial charge in [-0.2, -0.15) is 0 Å². The molecule has 1 aliphatic carbocycles. The van der Waals surface area contributed by atoms with Crippen molar-refractivity contribution >= 4 is 40.2 Å². The average Bonchev–Trinajstić information content (AvgIpc) is 3.25. The molecule has 3 heteroatoms. The van der Waals surface area contributed by atoms with Crippen LogP contribution in [0.1, 0.15) is 16.0 Å². The van der Waals surface area contributed by atoms with Crippen LogP contribution in [-0.4, -0.2) is 5.91 Å². The summed E-state index contributed by atoms with van der Waals surface area (Å²) in [7, 11) is 0. The molecule has 3 aromatic rings. The maximum atomic E-state index is 12.7. The van der Waals surface area contributed by atoms with E-state index in [-0.39, 0.29) is 5.91 Å². The molecule has 116 valence electrons. The Morgan fingerprint density at radius 2 is 1.62 bits per heavy atom. The van der Waals surface area contributed by atoms with E-state index in [9.17, 15) is 4.79 Å². The van der Waals surface area contributed by atoms with Gasteiger partial charge in [0.2, 0.25) is 0 Å². The molecule has 1 amide bonds. The predicted molar refractivity (Wildman–Crippen MR) is 102 cm³/mol. The van der Waals surface area contributed by atoms with Gasteiger partial charge < -0.3 is 5.32 Å². The number of anilines is 1. The van der Waals surface area contributed by atoms with Crippen molar-refractivity contribution < 1.29 is 4.79 Å². The highest BCUT2D eigenvalue weighted by molar-refractivity contribution is 7.10. The van der Waals surface area contributed by atoms with E-state index >= 15 is 0 Å². The van der Waals surface area contributed by atoms with Crippen LogP contribution >= 0.6 is 11.3 Å². The van der Waals surface area contributed by atoms with Crippen LogP contribution in [0.15, 0.2) is 78.2 Å². The zero-order chi connectivity index (χ0) is 16.4. The standard InChI is InChI=1S/C21H15NOS/c23-21(22-16-7-2-1-3-8-16)20-14-15(13-17-9-6-12-24-17)18-10-4-5-11-19(18)20/h1-14H,(H,22,23)/b15-13+. The number of amides is 1. The molecule has 24 heavy (non-hydrogen) atoms. The third-order valence-corrected chi connectivity index (χ3v) is 4.76.